The highest BCUT2D eigenvalue weighted by Crippen LogP contribution is 2.26. The number of pyridine rings is 1. The Morgan fingerprint density at radius 2 is 2.10 bits per heavy atom. The Labute approximate surface area is 126 Å². The summed E-state index contributed by atoms with van der Waals surface area (Å²) in [6.45, 7) is 7.92. The first-order valence-corrected chi connectivity index (χ1v) is 7.75. The van der Waals surface area contributed by atoms with Gasteiger partial charge in [-0.05, 0) is 36.9 Å². The molecule has 0 saturated carbocycles. The molecular weight excluding hydrogens is 260 g/mol. The maximum atomic E-state index is 5.67. The molecule has 2 atom stereocenters. The number of rotatable bonds is 3. The van der Waals surface area contributed by atoms with E-state index in [2.05, 4.69) is 41.3 Å². The summed E-state index contributed by atoms with van der Waals surface area (Å²) in [5.74, 6) is 8.03. The van der Waals surface area contributed by atoms with Crippen molar-refractivity contribution in [3.8, 4) is 0 Å². The minimum Gasteiger partial charge on any atom is -0.308 e. The van der Waals surface area contributed by atoms with Crippen LogP contribution in [0.5, 0.6) is 0 Å². The molecule has 0 aliphatic carbocycles. The van der Waals surface area contributed by atoms with Crippen LogP contribution < -0.4 is 11.3 Å². The van der Waals surface area contributed by atoms with E-state index in [1.165, 1.54) is 17.4 Å². The summed E-state index contributed by atoms with van der Waals surface area (Å²) in [5, 5.41) is 1.17. The molecule has 4 nitrogen and oxygen atoms in total. The lowest BCUT2D eigenvalue weighted by atomic mass is 9.88. The van der Waals surface area contributed by atoms with E-state index in [-0.39, 0.29) is 0 Å². The number of hydrogen-bond donors (Lipinski definition) is 2. The molecule has 0 bridgehead atoms. The van der Waals surface area contributed by atoms with Gasteiger partial charge in [0, 0.05) is 24.0 Å². The lowest BCUT2D eigenvalue weighted by Crippen LogP contribution is -2.38. The van der Waals surface area contributed by atoms with Crippen LogP contribution in [0.3, 0.4) is 0 Å². The predicted molar refractivity (Wildman–Crippen MR) is 87.8 cm³/mol. The quantitative estimate of drug-likeness (QED) is 0.672. The van der Waals surface area contributed by atoms with Crippen molar-refractivity contribution < 1.29 is 0 Å². The molecule has 1 aliphatic heterocycles. The SMILES string of the molecule is CC1CCN(Cc2cc3ccccc3nc2NN)CC1C. The monoisotopic (exact) mass is 284 g/mol. The van der Waals surface area contributed by atoms with Gasteiger partial charge in [-0.25, -0.2) is 10.8 Å². The molecular formula is C17H24N4. The molecule has 21 heavy (non-hydrogen) atoms. The molecule has 1 aromatic carbocycles. The number of anilines is 1. The highest BCUT2D eigenvalue weighted by Gasteiger charge is 2.23. The van der Waals surface area contributed by atoms with Gasteiger partial charge in [0.2, 0.25) is 0 Å². The van der Waals surface area contributed by atoms with Crippen LogP contribution in [0, 0.1) is 11.8 Å². The predicted octanol–water partition coefficient (Wildman–Crippen LogP) is 3.00. The average molecular weight is 284 g/mol. The molecule has 0 amide bonds. The zero-order valence-electron chi connectivity index (χ0n) is 12.8. The van der Waals surface area contributed by atoms with E-state index >= 15 is 0 Å². The third kappa shape index (κ3) is 3.01. The summed E-state index contributed by atoms with van der Waals surface area (Å²) in [6, 6.07) is 10.4. The molecule has 0 spiro atoms. The smallest absolute Gasteiger partial charge is 0.145 e. The number of likely N-dealkylation sites (tertiary alicyclic amines) is 1. The Hall–Kier alpha value is -1.65. The first-order chi connectivity index (χ1) is 10.2. The molecule has 3 rings (SSSR count). The van der Waals surface area contributed by atoms with Gasteiger partial charge in [0.05, 0.1) is 5.52 Å². The van der Waals surface area contributed by atoms with Crippen LogP contribution in [0.25, 0.3) is 10.9 Å². The van der Waals surface area contributed by atoms with Gasteiger partial charge < -0.3 is 5.43 Å². The highest BCUT2D eigenvalue weighted by molar-refractivity contribution is 5.81. The lowest BCUT2D eigenvalue weighted by molar-refractivity contribution is 0.132. The van der Waals surface area contributed by atoms with Gasteiger partial charge in [-0.15, -0.1) is 0 Å². The molecule has 2 aromatic rings. The van der Waals surface area contributed by atoms with E-state index in [0.29, 0.717) is 0 Å². The fourth-order valence-electron chi connectivity index (χ4n) is 3.14. The van der Waals surface area contributed by atoms with Gasteiger partial charge in [-0.1, -0.05) is 32.0 Å². The van der Waals surface area contributed by atoms with Crippen molar-refractivity contribution in [2.24, 2.45) is 17.7 Å². The Kier molecular flexibility index (Phi) is 4.08. The van der Waals surface area contributed by atoms with Crippen molar-refractivity contribution in [3.05, 3.63) is 35.9 Å². The summed E-state index contributed by atoms with van der Waals surface area (Å²) in [4.78, 5) is 7.14. The van der Waals surface area contributed by atoms with E-state index in [9.17, 15) is 0 Å². The fraction of sp³-hybridized carbons (Fsp3) is 0.471. The number of aromatic nitrogens is 1. The van der Waals surface area contributed by atoms with Gasteiger partial charge in [0.25, 0.3) is 0 Å². The van der Waals surface area contributed by atoms with Crippen LogP contribution in [0.1, 0.15) is 25.8 Å². The van der Waals surface area contributed by atoms with Gasteiger partial charge in [-0.3, -0.25) is 4.90 Å². The minimum atomic E-state index is 0.751. The van der Waals surface area contributed by atoms with E-state index in [4.69, 9.17) is 5.84 Å². The standard InChI is InChI=1S/C17H24N4/c1-12-7-8-21(10-13(12)2)11-15-9-14-5-3-4-6-16(14)19-17(15)20-18/h3-6,9,12-13H,7-8,10-11,18H2,1-2H3,(H,19,20). The third-order valence-corrected chi connectivity index (χ3v) is 4.75. The largest absolute Gasteiger partial charge is 0.308 e. The highest BCUT2D eigenvalue weighted by atomic mass is 15.3. The van der Waals surface area contributed by atoms with Crippen molar-refractivity contribution in [3.63, 3.8) is 0 Å². The summed E-state index contributed by atoms with van der Waals surface area (Å²) in [5.41, 5.74) is 4.92. The summed E-state index contributed by atoms with van der Waals surface area (Å²) in [6.07, 6.45) is 1.27. The number of hydrogen-bond acceptors (Lipinski definition) is 4. The number of fused-ring (bicyclic) bond motifs is 1. The van der Waals surface area contributed by atoms with E-state index in [1.54, 1.807) is 0 Å². The summed E-state index contributed by atoms with van der Waals surface area (Å²) >= 11 is 0. The molecule has 3 N–H and O–H groups in total. The number of nitrogens with one attached hydrogen (secondary N) is 1. The van der Waals surface area contributed by atoms with E-state index in [0.717, 1.165) is 42.8 Å². The number of piperidine rings is 1. The van der Waals surface area contributed by atoms with E-state index in [1.807, 2.05) is 18.2 Å². The van der Waals surface area contributed by atoms with Gasteiger partial charge >= 0.3 is 0 Å². The van der Waals surface area contributed by atoms with Crippen molar-refractivity contribution >= 4 is 16.7 Å². The lowest BCUT2D eigenvalue weighted by Gasteiger charge is -2.35. The molecule has 2 unspecified atom stereocenters. The molecule has 112 valence electrons. The number of benzene rings is 1. The van der Waals surface area contributed by atoms with Gasteiger partial charge in [-0.2, -0.15) is 0 Å². The van der Waals surface area contributed by atoms with Crippen LogP contribution >= 0.6 is 0 Å². The molecule has 1 aromatic heterocycles. The zero-order chi connectivity index (χ0) is 14.8. The summed E-state index contributed by atoms with van der Waals surface area (Å²) in [7, 11) is 0. The molecule has 1 aliphatic rings. The first kappa shape index (κ1) is 14.3. The fourth-order valence-corrected chi connectivity index (χ4v) is 3.14. The third-order valence-electron chi connectivity index (χ3n) is 4.75. The molecule has 1 saturated heterocycles. The average Bonchev–Trinajstić information content (AvgIpc) is 2.50. The molecule has 2 heterocycles. The van der Waals surface area contributed by atoms with Gasteiger partial charge in [0.15, 0.2) is 0 Å². The van der Waals surface area contributed by atoms with Crippen LogP contribution in [-0.2, 0) is 6.54 Å². The normalized spacial score (nSPS) is 23.4. The van der Waals surface area contributed by atoms with Crippen molar-refractivity contribution in [1.82, 2.24) is 9.88 Å². The van der Waals surface area contributed by atoms with Gasteiger partial charge in [0.1, 0.15) is 5.82 Å². The first-order valence-electron chi connectivity index (χ1n) is 7.75. The van der Waals surface area contributed by atoms with Crippen LogP contribution in [0.4, 0.5) is 5.82 Å². The van der Waals surface area contributed by atoms with Crippen LogP contribution in [0.15, 0.2) is 30.3 Å². The Balaban J connectivity index is 1.85. The maximum absolute atomic E-state index is 5.67. The topological polar surface area (TPSA) is 54.2 Å². The van der Waals surface area contributed by atoms with Crippen molar-refractivity contribution in [1.29, 1.82) is 0 Å². The van der Waals surface area contributed by atoms with Crippen LogP contribution in [0.2, 0.25) is 0 Å². The number of para-hydroxylation sites is 1. The number of nitrogens with two attached hydrogens (primary N) is 1. The van der Waals surface area contributed by atoms with Crippen molar-refractivity contribution in [2.75, 3.05) is 18.5 Å². The Morgan fingerprint density at radius 1 is 1.29 bits per heavy atom. The second kappa shape index (κ2) is 6.00. The second-order valence-corrected chi connectivity index (χ2v) is 6.31. The molecule has 4 heteroatoms. The Morgan fingerprint density at radius 3 is 2.86 bits per heavy atom. The zero-order valence-corrected chi connectivity index (χ0v) is 12.8. The maximum Gasteiger partial charge on any atom is 0.145 e. The second-order valence-electron chi connectivity index (χ2n) is 6.31. The summed E-state index contributed by atoms with van der Waals surface area (Å²) < 4.78 is 0. The molecule has 1 fully saturated rings. The number of nitrogen functional groups attached to an aromatic ring is 1. The minimum absolute atomic E-state index is 0.751. The van der Waals surface area contributed by atoms with Crippen LogP contribution in [-0.4, -0.2) is 23.0 Å². The number of nitrogens with zero attached hydrogens (tertiary/aromatic N) is 2. The molecule has 0 radical (unpaired) electrons. The Bertz CT molecular complexity index is 625. The van der Waals surface area contributed by atoms with E-state index < -0.39 is 0 Å². The number of hydrazine groups is 1. The van der Waals surface area contributed by atoms with Crippen molar-refractivity contribution in [2.45, 2.75) is 26.8 Å².